The van der Waals surface area contributed by atoms with Gasteiger partial charge in [0.1, 0.15) is 5.37 Å². The second kappa shape index (κ2) is 6.97. The fourth-order valence-electron chi connectivity index (χ4n) is 1.90. The molecule has 1 saturated heterocycles. The number of hydrogen-bond acceptors (Lipinski definition) is 5. The summed E-state index contributed by atoms with van der Waals surface area (Å²) in [6, 6.07) is 0. The number of nitrogens with zero attached hydrogens (tertiary/aromatic N) is 1. The summed E-state index contributed by atoms with van der Waals surface area (Å²) in [5.41, 5.74) is 5.59. The second-order valence-electron chi connectivity index (χ2n) is 4.65. The summed E-state index contributed by atoms with van der Waals surface area (Å²) in [6.07, 6.45) is 0.983. The molecule has 1 rings (SSSR count). The quantitative estimate of drug-likeness (QED) is 0.779. The van der Waals surface area contributed by atoms with Gasteiger partial charge in [-0.15, -0.1) is 0 Å². The van der Waals surface area contributed by atoms with Crippen molar-refractivity contribution in [2.24, 2.45) is 11.7 Å². The Morgan fingerprint density at radius 2 is 2.24 bits per heavy atom. The van der Waals surface area contributed by atoms with E-state index in [1.54, 1.807) is 18.7 Å². The van der Waals surface area contributed by atoms with Crippen LogP contribution in [0.25, 0.3) is 0 Å². The Labute approximate surface area is 109 Å². The molecule has 2 atom stereocenters. The van der Waals surface area contributed by atoms with Crippen LogP contribution in [0.4, 0.5) is 0 Å². The van der Waals surface area contributed by atoms with E-state index in [9.17, 15) is 8.42 Å². The predicted octanol–water partition coefficient (Wildman–Crippen LogP) is 0.781. The van der Waals surface area contributed by atoms with E-state index in [0.717, 1.165) is 25.3 Å². The van der Waals surface area contributed by atoms with Gasteiger partial charge in [-0.25, -0.2) is 8.42 Å². The molecule has 0 bridgehead atoms. The molecule has 0 aromatic rings. The molecule has 102 valence electrons. The molecular weight excluding hydrogens is 256 g/mol. The van der Waals surface area contributed by atoms with Crippen LogP contribution in [0.1, 0.15) is 20.3 Å². The maximum Gasteiger partial charge on any atom is 0.166 e. The normalized spacial score (nSPS) is 24.8. The zero-order valence-corrected chi connectivity index (χ0v) is 12.4. The van der Waals surface area contributed by atoms with Crippen molar-refractivity contribution in [3.05, 3.63) is 0 Å². The highest BCUT2D eigenvalue weighted by Crippen LogP contribution is 2.22. The molecule has 0 aromatic heterocycles. The molecule has 0 saturated carbocycles. The Hall–Kier alpha value is 0.220. The molecule has 6 heteroatoms. The van der Waals surface area contributed by atoms with Crippen molar-refractivity contribution in [3.8, 4) is 0 Å². The number of sulfone groups is 1. The summed E-state index contributed by atoms with van der Waals surface area (Å²) in [6.45, 7) is 6.25. The van der Waals surface area contributed by atoms with Gasteiger partial charge in [0.05, 0.1) is 0 Å². The van der Waals surface area contributed by atoms with Crippen LogP contribution < -0.4 is 5.73 Å². The van der Waals surface area contributed by atoms with Gasteiger partial charge < -0.3 is 5.73 Å². The van der Waals surface area contributed by atoms with Gasteiger partial charge in [-0.05, 0) is 25.4 Å². The summed E-state index contributed by atoms with van der Waals surface area (Å²) < 4.78 is 24.0. The van der Waals surface area contributed by atoms with E-state index in [2.05, 4.69) is 11.8 Å². The zero-order chi connectivity index (χ0) is 12.9. The SMILES string of the molecule is CCS(=O)(=O)C1CSCCN1CCC(C)CN. The zero-order valence-electron chi connectivity index (χ0n) is 10.8. The Morgan fingerprint density at radius 1 is 1.53 bits per heavy atom. The maximum absolute atomic E-state index is 12.0. The van der Waals surface area contributed by atoms with Crippen LogP contribution in [0.2, 0.25) is 0 Å². The van der Waals surface area contributed by atoms with Gasteiger partial charge in [-0.1, -0.05) is 13.8 Å². The summed E-state index contributed by atoms with van der Waals surface area (Å²) in [5.74, 6) is 2.45. The topological polar surface area (TPSA) is 63.4 Å². The molecule has 1 heterocycles. The van der Waals surface area contributed by atoms with Crippen molar-refractivity contribution in [1.29, 1.82) is 0 Å². The molecule has 0 amide bonds. The van der Waals surface area contributed by atoms with Crippen molar-refractivity contribution < 1.29 is 8.42 Å². The van der Waals surface area contributed by atoms with Gasteiger partial charge in [0, 0.05) is 23.8 Å². The number of nitrogens with two attached hydrogens (primary N) is 1. The second-order valence-corrected chi connectivity index (χ2v) is 8.24. The molecule has 0 aliphatic carbocycles. The number of hydrogen-bond donors (Lipinski definition) is 1. The highest BCUT2D eigenvalue weighted by Gasteiger charge is 2.32. The minimum Gasteiger partial charge on any atom is -0.330 e. The molecule has 0 aromatic carbocycles. The summed E-state index contributed by atoms with van der Waals surface area (Å²) in [7, 11) is -2.95. The van der Waals surface area contributed by atoms with E-state index in [-0.39, 0.29) is 11.1 Å². The molecule has 17 heavy (non-hydrogen) atoms. The van der Waals surface area contributed by atoms with Gasteiger partial charge in [0.2, 0.25) is 0 Å². The van der Waals surface area contributed by atoms with Crippen LogP contribution in [0, 0.1) is 5.92 Å². The first-order valence-electron chi connectivity index (χ1n) is 6.24. The minimum atomic E-state index is -2.95. The van der Waals surface area contributed by atoms with Gasteiger partial charge in [-0.3, -0.25) is 4.90 Å². The summed E-state index contributed by atoms with van der Waals surface area (Å²) >= 11 is 1.74. The van der Waals surface area contributed by atoms with Crippen LogP contribution in [0.15, 0.2) is 0 Å². The van der Waals surface area contributed by atoms with E-state index in [1.807, 2.05) is 0 Å². The molecule has 2 unspecified atom stereocenters. The lowest BCUT2D eigenvalue weighted by Gasteiger charge is -2.35. The van der Waals surface area contributed by atoms with Crippen LogP contribution in [0.5, 0.6) is 0 Å². The Balaban J connectivity index is 2.60. The number of thioether (sulfide) groups is 1. The highest BCUT2D eigenvalue weighted by atomic mass is 32.2. The predicted molar refractivity (Wildman–Crippen MR) is 75.0 cm³/mol. The third kappa shape index (κ3) is 4.43. The van der Waals surface area contributed by atoms with E-state index in [4.69, 9.17) is 5.73 Å². The lowest BCUT2D eigenvalue weighted by molar-refractivity contribution is 0.252. The van der Waals surface area contributed by atoms with Crippen molar-refractivity contribution in [3.63, 3.8) is 0 Å². The fraction of sp³-hybridized carbons (Fsp3) is 1.00. The van der Waals surface area contributed by atoms with Crippen LogP contribution >= 0.6 is 11.8 Å². The van der Waals surface area contributed by atoms with E-state index < -0.39 is 9.84 Å². The van der Waals surface area contributed by atoms with Crippen molar-refractivity contribution in [2.75, 3.05) is 36.9 Å². The molecule has 0 spiro atoms. The summed E-state index contributed by atoms with van der Waals surface area (Å²) in [4.78, 5) is 2.13. The monoisotopic (exact) mass is 280 g/mol. The van der Waals surface area contributed by atoms with Crippen molar-refractivity contribution in [2.45, 2.75) is 25.6 Å². The van der Waals surface area contributed by atoms with Gasteiger partial charge in [0.25, 0.3) is 0 Å². The first kappa shape index (κ1) is 15.3. The third-order valence-electron chi connectivity index (χ3n) is 3.32. The van der Waals surface area contributed by atoms with E-state index in [0.29, 0.717) is 18.2 Å². The van der Waals surface area contributed by atoms with Crippen LogP contribution in [-0.4, -0.2) is 55.6 Å². The van der Waals surface area contributed by atoms with Gasteiger partial charge in [0.15, 0.2) is 9.84 Å². The van der Waals surface area contributed by atoms with E-state index >= 15 is 0 Å². The molecule has 0 radical (unpaired) electrons. The van der Waals surface area contributed by atoms with Gasteiger partial charge >= 0.3 is 0 Å². The smallest absolute Gasteiger partial charge is 0.166 e. The molecular formula is C11H24N2O2S2. The standard InChI is InChI=1S/C11H24N2O2S2/c1-3-17(14,15)11-9-16-7-6-13(11)5-4-10(2)8-12/h10-11H,3-9,12H2,1-2H3. The molecule has 1 fully saturated rings. The average molecular weight is 280 g/mol. The Bertz CT molecular complexity index is 319. The fourth-order valence-corrected chi connectivity index (χ4v) is 5.01. The number of rotatable bonds is 6. The molecule has 4 nitrogen and oxygen atoms in total. The minimum absolute atomic E-state index is 0.237. The highest BCUT2D eigenvalue weighted by molar-refractivity contribution is 8.01. The Kier molecular flexibility index (Phi) is 6.26. The maximum atomic E-state index is 12.0. The summed E-state index contributed by atoms with van der Waals surface area (Å²) in [5, 5.41) is -0.281. The molecule has 1 aliphatic heterocycles. The van der Waals surface area contributed by atoms with Crippen LogP contribution in [-0.2, 0) is 9.84 Å². The average Bonchev–Trinajstić information content (AvgIpc) is 2.36. The van der Waals surface area contributed by atoms with E-state index in [1.165, 1.54) is 0 Å². The van der Waals surface area contributed by atoms with Crippen molar-refractivity contribution in [1.82, 2.24) is 4.90 Å². The Morgan fingerprint density at radius 3 is 2.82 bits per heavy atom. The lowest BCUT2D eigenvalue weighted by atomic mass is 10.1. The first-order chi connectivity index (χ1) is 8.01. The molecule has 2 N–H and O–H groups in total. The molecule has 1 aliphatic rings. The van der Waals surface area contributed by atoms with Gasteiger partial charge in [-0.2, -0.15) is 11.8 Å². The van der Waals surface area contributed by atoms with Crippen LogP contribution in [0.3, 0.4) is 0 Å². The first-order valence-corrected chi connectivity index (χ1v) is 9.11. The van der Waals surface area contributed by atoms with Crippen molar-refractivity contribution >= 4 is 21.6 Å². The lowest BCUT2D eigenvalue weighted by Crippen LogP contribution is -2.48. The largest absolute Gasteiger partial charge is 0.330 e. The third-order valence-corrected chi connectivity index (χ3v) is 6.65.